The van der Waals surface area contributed by atoms with E-state index in [1.165, 1.54) is 0 Å². The number of rotatable bonds is 3. The Kier molecular flexibility index (Phi) is 5.44. The molecule has 3 aliphatic rings. The van der Waals surface area contributed by atoms with E-state index in [2.05, 4.69) is 5.32 Å². The third kappa shape index (κ3) is 3.05. The zero-order valence-corrected chi connectivity index (χ0v) is 15.6. The Balaban J connectivity index is 0.00000196. The molecule has 0 bridgehead atoms. The number of piperazine rings is 1. The summed E-state index contributed by atoms with van der Waals surface area (Å²) in [5, 5.41) is 13.2. The van der Waals surface area contributed by atoms with E-state index >= 15 is 0 Å². The molecule has 2 amide bonds. The number of aliphatic carboxylic acids is 1. The third-order valence-electron chi connectivity index (χ3n) is 6.07. The first-order chi connectivity index (χ1) is 12.1. The molecule has 3 fully saturated rings. The number of carboxylic acid groups (broad SMARTS) is 1. The first-order valence-electron chi connectivity index (χ1n) is 9.25. The molecule has 2 heterocycles. The van der Waals surface area contributed by atoms with Crippen molar-refractivity contribution in [2.24, 2.45) is 0 Å². The molecule has 4 rings (SSSR count). The molecule has 1 atom stereocenters. The van der Waals surface area contributed by atoms with Crippen molar-refractivity contribution in [3.05, 3.63) is 29.8 Å². The maximum atomic E-state index is 12.6. The van der Waals surface area contributed by atoms with Gasteiger partial charge in [-0.15, -0.1) is 12.4 Å². The Labute approximate surface area is 159 Å². The van der Waals surface area contributed by atoms with E-state index in [9.17, 15) is 14.7 Å². The Morgan fingerprint density at radius 1 is 1.15 bits per heavy atom. The molecule has 2 saturated heterocycles. The minimum atomic E-state index is -0.757. The van der Waals surface area contributed by atoms with Crippen LogP contribution in [0.4, 0.5) is 10.5 Å². The summed E-state index contributed by atoms with van der Waals surface area (Å²) in [4.78, 5) is 28.3. The standard InChI is InChI=1S/C19H25N3O3.ClH/c23-17(24)19(8-2-1-3-9-19)14-4-6-15(7-5-14)22-13-16-12-20-10-11-21(16)18(22)25;/h4-7,16,20H,1-3,8-13H2,(H,23,24);1H/t16-;/m0./s1. The van der Waals surface area contributed by atoms with E-state index in [-0.39, 0.29) is 24.5 Å². The van der Waals surface area contributed by atoms with Gasteiger partial charge in [-0.1, -0.05) is 31.4 Å². The van der Waals surface area contributed by atoms with Crippen LogP contribution in [-0.4, -0.2) is 54.2 Å². The van der Waals surface area contributed by atoms with E-state index in [0.717, 1.165) is 50.1 Å². The van der Waals surface area contributed by atoms with Crippen LogP contribution in [0.5, 0.6) is 0 Å². The molecule has 0 radical (unpaired) electrons. The van der Waals surface area contributed by atoms with Gasteiger partial charge in [-0.2, -0.15) is 0 Å². The van der Waals surface area contributed by atoms with E-state index in [1.54, 1.807) is 0 Å². The average Bonchev–Trinajstić information content (AvgIpc) is 2.99. The van der Waals surface area contributed by atoms with Crippen LogP contribution in [-0.2, 0) is 10.2 Å². The molecule has 1 aromatic rings. The number of nitrogens with zero attached hydrogens (tertiary/aromatic N) is 2. The van der Waals surface area contributed by atoms with E-state index in [0.29, 0.717) is 19.4 Å². The number of hydrogen-bond acceptors (Lipinski definition) is 3. The van der Waals surface area contributed by atoms with Crippen molar-refractivity contribution < 1.29 is 14.7 Å². The van der Waals surface area contributed by atoms with Crippen molar-refractivity contribution in [1.29, 1.82) is 0 Å². The summed E-state index contributed by atoms with van der Waals surface area (Å²) in [5.41, 5.74) is 0.974. The quantitative estimate of drug-likeness (QED) is 0.846. The lowest BCUT2D eigenvalue weighted by molar-refractivity contribution is -0.145. The fourth-order valence-electron chi connectivity index (χ4n) is 4.58. The summed E-state index contributed by atoms with van der Waals surface area (Å²) in [6.45, 7) is 3.12. The van der Waals surface area contributed by atoms with Crippen molar-refractivity contribution in [1.82, 2.24) is 10.2 Å². The van der Waals surface area contributed by atoms with E-state index < -0.39 is 11.4 Å². The molecule has 2 N–H and O–H groups in total. The molecular formula is C19H26ClN3O3. The van der Waals surface area contributed by atoms with Crippen LogP contribution in [0.25, 0.3) is 0 Å². The summed E-state index contributed by atoms with van der Waals surface area (Å²) < 4.78 is 0. The molecular weight excluding hydrogens is 354 g/mol. The third-order valence-corrected chi connectivity index (χ3v) is 6.07. The molecule has 26 heavy (non-hydrogen) atoms. The first-order valence-corrected chi connectivity index (χ1v) is 9.25. The van der Waals surface area contributed by atoms with Crippen LogP contribution >= 0.6 is 12.4 Å². The number of carbonyl (C=O) groups excluding carboxylic acids is 1. The zero-order valence-electron chi connectivity index (χ0n) is 14.8. The largest absolute Gasteiger partial charge is 0.481 e. The molecule has 142 valence electrons. The maximum Gasteiger partial charge on any atom is 0.324 e. The van der Waals surface area contributed by atoms with Crippen molar-refractivity contribution >= 4 is 30.1 Å². The Hall–Kier alpha value is -1.79. The Morgan fingerprint density at radius 2 is 1.85 bits per heavy atom. The highest BCUT2D eigenvalue weighted by molar-refractivity contribution is 5.95. The van der Waals surface area contributed by atoms with Gasteiger partial charge in [0.1, 0.15) is 0 Å². The van der Waals surface area contributed by atoms with Crippen LogP contribution in [0.15, 0.2) is 24.3 Å². The van der Waals surface area contributed by atoms with Crippen molar-refractivity contribution in [3.63, 3.8) is 0 Å². The summed E-state index contributed by atoms with van der Waals surface area (Å²) >= 11 is 0. The maximum absolute atomic E-state index is 12.6. The number of urea groups is 1. The molecule has 2 aliphatic heterocycles. The second-order valence-corrected chi connectivity index (χ2v) is 7.44. The predicted octanol–water partition coefficient (Wildman–Crippen LogP) is 2.61. The topological polar surface area (TPSA) is 72.9 Å². The lowest BCUT2D eigenvalue weighted by Gasteiger charge is -2.34. The molecule has 6 nitrogen and oxygen atoms in total. The monoisotopic (exact) mass is 379 g/mol. The number of nitrogens with one attached hydrogen (secondary N) is 1. The van der Waals surface area contributed by atoms with Crippen LogP contribution in [0.1, 0.15) is 37.7 Å². The van der Waals surface area contributed by atoms with Crippen molar-refractivity contribution in [2.45, 2.75) is 43.6 Å². The fraction of sp³-hybridized carbons (Fsp3) is 0.579. The average molecular weight is 380 g/mol. The minimum absolute atomic E-state index is 0. The van der Waals surface area contributed by atoms with Gasteiger partial charge in [-0.25, -0.2) is 4.79 Å². The van der Waals surface area contributed by atoms with Crippen LogP contribution in [0.2, 0.25) is 0 Å². The van der Waals surface area contributed by atoms with E-state index in [4.69, 9.17) is 0 Å². The first kappa shape index (κ1) is 19.0. The molecule has 0 aromatic heterocycles. The van der Waals surface area contributed by atoms with Crippen LogP contribution in [0.3, 0.4) is 0 Å². The smallest absolute Gasteiger partial charge is 0.324 e. The highest BCUT2D eigenvalue weighted by Crippen LogP contribution is 2.40. The summed E-state index contributed by atoms with van der Waals surface area (Å²) in [7, 11) is 0. The summed E-state index contributed by atoms with van der Waals surface area (Å²) in [5.74, 6) is -0.722. The van der Waals surface area contributed by atoms with Gasteiger partial charge in [0.15, 0.2) is 0 Å². The lowest BCUT2D eigenvalue weighted by atomic mass is 9.69. The normalized spacial score (nSPS) is 24.8. The summed E-state index contributed by atoms with van der Waals surface area (Å²) in [6, 6.07) is 7.95. The molecule has 0 spiro atoms. The van der Waals surface area contributed by atoms with Gasteiger partial charge >= 0.3 is 12.0 Å². The second kappa shape index (κ2) is 7.45. The number of hydrogen-bond donors (Lipinski definition) is 2. The number of carbonyl (C=O) groups is 2. The number of amides is 2. The molecule has 1 aromatic carbocycles. The van der Waals surface area contributed by atoms with Gasteiger partial charge in [0, 0.05) is 31.9 Å². The van der Waals surface area contributed by atoms with Gasteiger partial charge in [0.05, 0.1) is 11.5 Å². The van der Waals surface area contributed by atoms with Crippen LogP contribution in [0, 0.1) is 0 Å². The van der Waals surface area contributed by atoms with Gasteiger partial charge < -0.3 is 15.3 Å². The lowest BCUT2D eigenvalue weighted by Crippen LogP contribution is -2.49. The zero-order chi connectivity index (χ0) is 17.4. The van der Waals surface area contributed by atoms with Gasteiger partial charge in [0.2, 0.25) is 0 Å². The number of anilines is 1. The Bertz CT molecular complexity index is 673. The molecule has 1 saturated carbocycles. The molecule has 0 unspecified atom stereocenters. The van der Waals surface area contributed by atoms with E-state index in [1.807, 2.05) is 34.1 Å². The number of benzene rings is 1. The highest BCUT2D eigenvalue weighted by atomic mass is 35.5. The SMILES string of the molecule is Cl.O=C1N(c2ccc(C3(C(=O)O)CCCCC3)cc2)C[C@@H]2CNCCN12. The van der Waals surface area contributed by atoms with Crippen LogP contribution < -0.4 is 10.2 Å². The van der Waals surface area contributed by atoms with Crippen molar-refractivity contribution in [2.75, 3.05) is 31.1 Å². The van der Waals surface area contributed by atoms with Gasteiger partial charge in [0.25, 0.3) is 0 Å². The highest BCUT2D eigenvalue weighted by Gasteiger charge is 2.42. The van der Waals surface area contributed by atoms with Crippen molar-refractivity contribution in [3.8, 4) is 0 Å². The number of halogens is 1. The second-order valence-electron chi connectivity index (χ2n) is 7.44. The molecule has 7 heteroatoms. The fourth-order valence-corrected chi connectivity index (χ4v) is 4.58. The summed E-state index contributed by atoms with van der Waals surface area (Å²) in [6.07, 6.45) is 4.43. The number of fused-ring (bicyclic) bond motifs is 1. The molecule has 1 aliphatic carbocycles. The van der Waals surface area contributed by atoms with Gasteiger partial charge in [-0.05, 0) is 30.5 Å². The predicted molar refractivity (Wildman–Crippen MR) is 102 cm³/mol. The number of carboxylic acids is 1. The Morgan fingerprint density at radius 3 is 2.46 bits per heavy atom. The minimum Gasteiger partial charge on any atom is -0.481 e. The van der Waals surface area contributed by atoms with Gasteiger partial charge in [-0.3, -0.25) is 9.69 Å².